The normalized spacial score (nSPS) is 11.6. The Labute approximate surface area is 111 Å². The van der Waals surface area contributed by atoms with Crippen LogP contribution in [0.1, 0.15) is 31.6 Å². The minimum Gasteiger partial charge on any atom is -0.288 e. The second-order valence-electron chi connectivity index (χ2n) is 3.94. The van der Waals surface area contributed by atoms with Crippen LogP contribution in [0, 0.1) is 13.8 Å². The summed E-state index contributed by atoms with van der Waals surface area (Å²) in [7, 11) is 0. The molecule has 2 rings (SSSR count). The first kappa shape index (κ1) is 13.7. The Morgan fingerprint density at radius 1 is 1.26 bits per heavy atom. The van der Waals surface area contributed by atoms with Gasteiger partial charge in [-0.2, -0.15) is 13.2 Å². The molecule has 0 spiro atoms. The van der Waals surface area contributed by atoms with Crippen LogP contribution in [0.2, 0.25) is 0 Å². The summed E-state index contributed by atoms with van der Waals surface area (Å²) in [6.07, 6.45) is -3.57. The van der Waals surface area contributed by atoms with Gasteiger partial charge in [-0.05, 0) is 26.0 Å². The van der Waals surface area contributed by atoms with E-state index in [0.717, 1.165) is 11.9 Å². The Balaban J connectivity index is 2.37. The van der Waals surface area contributed by atoms with Crippen molar-refractivity contribution in [3.8, 4) is 0 Å². The van der Waals surface area contributed by atoms with E-state index < -0.39 is 17.0 Å². The standard InChI is InChI=1S/C12H9F3N2OS/c1-6-3-4-8(7(2)17-6)10(18)9-5-16-11(19-9)12(13,14)15/h3-5H,1-2H3. The van der Waals surface area contributed by atoms with Gasteiger partial charge in [-0.1, -0.05) is 0 Å². The number of aryl methyl sites for hydroxylation is 2. The Bertz CT molecular complexity index is 634. The van der Waals surface area contributed by atoms with E-state index in [1.807, 2.05) is 0 Å². The number of nitrogens with zero attached hydrogens (tertiary/aromatic N) is 2. The minimum absolute atomic E-state index is 0.0407. The molecule has 0 aliphatic carbocycles. The first-order valence-electron chi connectivity index (χ1n) is 5.31. The number of hydrogen-bond donors (Lipinski definition) is 0. The Hall–Kier alpha value is -1.76. The summed E-state index contributed by atoms with van der Waals surface area (Å²) >= 11 is 0.342. The highest BCUT2D eigenvalue weighted by Gasteiger charge is 2.35. The van der Waals surface area contributed by atoms with Crippen LogP contribution in [0.3, 0.4) is 0 Å². The van der Waals surface area contributed by atoms with Gasteiger partial charge in [-0.3, -0.25) is 9.78 Å². The molecule has 7 heteroatoms. The summed E-state index contributed by atoms with van der Waals surface area (Å²) in [5.41, 5.74) is 1.53. The number of thiazole rings is 1. The molecule has 0 radical (unpaired) electrons. The molecule has 2 heterocycles. The molecule has 2 aromatic heterocycles. The van der Waals surface area contributed by atoms with Crippen molar-refractivity contribution in [2.75, 3.05) is 0 Å². The number of carbonyl (C=O) groups excluding carboxylic acids is 1. The molecule has 0 saturated heterocycles. The predicted octanol–water partition coefficient (Wildman–Crippen LogP) is 3.40. The number of rotatable bonds is 2. The second kappa shape index (κ2) is 4.73. The van der Waals surface area contributed by atoms with E-state index in [2.05, 4.69) is 9.97 Å². The van der Waals surface area contributed by atoms with Crippen molar-refractivity contribution in [3.63, 3.8) is 0 Å². The topological polar surface area (TPSA) is 42.9 Å². The zero-order valence-corrected chi connectivity index (χ0v) is 10.9. The van der Waals surface area contributed by atoms with Crippen molar-refractivity contribution in [1.29, 1.82) is 0 Å². The molecule has 19 heavy (non-hydrogen) atoms. The van der Waals surface area contributed by atoms with Crippen molar-refractivity contribution in [2.45, 2.75) is 20.0 Å². The van der Waals surface area contributed by atoms with Crippen molar-refractivity contribution in [3.05, 3.63) is 45.2 Å². The quantitative estimate of drug-likeness (QED) is 0.795. The maximum Gasteiger partial charge on any atom is 0.443 e. The van der Waals surface area contributed by atoms with Gasteiger partial charge in [0.1, 0.15) is 0 Å². The molecular formula is C12H9F3N2OS. The molecule has 0 saturated carbocycles. The lowest BCUT2D eigenvalue weighted by Crippen LogP contribution is -2.04. The third-order valence-electron chi connectivity index (χ3n) is 2.44. The Kier molecular flexibility index (Phi) is 3.40. The van der Waals surface area contributed by atoms with Gasteiger partial charge in [0.2, 0.25) is 5.78 Å². The van der Waals surface area contributed by atoms with Gasteiger partial charge in [-0.15, -0.1) is 11.3 Å². The number of aromatic nitrogens is 2. The molecule has 0 atom stereocenters. The average molecular weight is 286 g/mol. The van der Waals surface area contributed by atoms with Crippen LogP contribution in [0.5, 0.6) is 0 Å². The zero-order valence-electron chi connectivity index (χ0n) is 10.1. The monoisotopic (exact) mass is 286 g/mol. The third kappa shape index (κ3) is 2.81. The molecule has 2 aromatic rings. The molecular weight excluding hydrogens is 277 g/mol. The molecule has 0 fully saturated rings. The number of halogens is 3. The van der Waals surface area contributed by atoms with Crippen molar-refractivity contribution in [1.82, 2.24) is 9.97 Å². The van der Waals surface area contributed by atoms with E-state index >= 15 is 0 Å². The van der Waals surface area contributed by atoms with Crippen LogP contribution in [0.15, 0.2) is 18.3 Å². The minimum atomic E-state index is -4.52. The number of ketones is 1. The fraction of sp³-hybridized carbons (Fsp3) is 0.250. The van der Waals surface area contributed by atoms with Crippen LogP contribution < -0.4 is 0 Å². The first-order chi connectivity index (χ1) is 8.79. The fourth-order valence-corrected chi connectivity index (χ4v) is 2.31. The van der Waals surface area contributed by atoms with Gasteiger partial charge in [0.05, 0.1) is 4.88 Å². The van der Waals surface area contributed by atoms with Crippen LogP contribution in [-0.2, 0) is 6.18 Å². The van der Waals surface area contributed by atoms with E-state index in [9.17, 15) is 18.0 Å². The van der Waals surface area contributed by atoms with Gasteiger partial charge in [-0.25, -0.2) is 4.98 Å². The lowest BCUT2D eigenvalue weighted by Gasteiger charge is -2.03. The van der Waals surface area contributed by atoms with Gasteiger partial charge < -0.3 is 0 Å². The molecule has 0 amide bonds. The van der Waals surface area contributed by atoms with Crippen LogP contribution in [0.25, 0.3) is 0 Å². The molecule has 0 aromatic carbocycles. The van der Waals surface area contributed by atoms with Gasteiger partial charge in [0.25, 0.3) is 0 Å². The van der Waals surface area contributed by atoms with E-state index in [1.165, 1.54) is 0 Å². The summed E-state index contributed by atoms with van der Waals surface area (Å²) < 4.78 is 37.3. The van der Waals surface area contributed by atoms with Crippen LogP contribution >= 0.6 is 11.3 Å². The maximum absolute atomic E-state index is 12.4. The van der Waals surface area contributed by atoms with Gasteiger partial charge >= 0.3 is 6.18 Å². The summed E-state index contributed by atoms with van der Waals surface area (Å²) in [6, 6.07) is 3.21. The molecule has 0 aliphatic heterocycles. The molecule has 100 valence electrons. The SMILES string of the molecule is Cc1ccc(C(=O)c2cnc(C(F)(F)F)s2)c(C)n1. The maximum atomic E-state index is 12.4. The zero-order chi connectivity index (χ0) is 14.2. The number of carbonyl (C=O) groups is 1. The largest absolute Gasteiger partial charge is 0.443 e. The predicted molar refractivity (Wildman–Crippen MR) is 64.3 cm³/mol. The van der Waals surface area contributed by atoms with E-state index in [4.69, 9.17) is 0 Å². The van der Waals surface area contributed by atoms with Crippen LogP contribution in [0.4, 0.5) is 13.2 Å². The van der Waals surface area contributed by atoms with Gasteiger partial charge in [0.15, 0.2) is 5.01 Å². The summed E-state index contributed by atoms with van der Waals surface area (Å²) in [6.45, 7) is 3.42. The average Bonchev–Trinajstić information content (AvgIpc) is 2.76. The summed E-state index contributed by atoms with van der Waals surface area (Å²) in [5.74, 6) is -0.488. The van der Waals surface area contributed by atoms with Crippen molar-refractivity contribution in [2.24, 2.45) is 0 Å². The number of alkyl halides is 3. The smallest absolute Gasteiger partial charge is 0.288 e. The lowest BCUT2D eigenvalue weighted by molar-refractivity contribution is -0.137. The highest BCUT2D eigenvalue weighted by atomic mass is 32.1. The van der Waals surface area contributed by atoms with E-state index in [0.29, 0.717) is 22.6 Å². The highest BCUT2D eigenvalue weighted by Crippen LogP contribution is 2.33. The van der Waals surface area contributed by atoms with Crippen LogP contribution in [-0.4, -0.2) is 15.8 Å². The lowest BCUT2D eigenvalue weighted by atomic mass is 10.1. The Morgan fingerprint density at radius 3 is 2.47 bits per heavy atom. The summed E-state index contributed by atoms with van der Waals surface area (Å²) in [4.78, 5) is 19.4. The summed E-state index contributed by atoms with van der Waals surface area (Å²) in [5, 5.41) is -1.02. The molecule has 0 bridgehead atoms. The van der Waals surface area contributed by atoms with E-state index in [-0.39, 0.29) is 4.88 Å². The highest BCUT2D eigenvalue weighted by molar-refractivity contribution is 7.14. The second-order valence-corrected chi connectivity index (χ2v) is 4.97. The van der Waals surface area contributed by atoms with Gasteiger partial charge in [0, 0.05) is 23.1 Å². The first-order valence-corrected chi connectivity index (χ1v) is 6.12. The van der Waals surface area contributed by atoms with E-state index in [1.54, 1.807) is 26.0 Å². The Morgan fingerprint density at radius 2 is 1.95 bits per heavy atom. The molecule has 3 nitrogen and oxygen atoms in total. The molecule has 0 N–H and O–H groups in total. The number of hydrogen-bond acceptors (Lipinski definition) is 4. The molecule has 0 aliphatic rings. The third-order valence-corrected chi connectivity index (χ3v) is 3.48. The fourth-order valence-electron chi connectivity index (χ4n) is 1.57. The van der Waals surface area contributed by atoms with Crippen molar-refractivity contribution >= 4 is 17.1 Å². The van der Waals surface area contributed by atoms with Crippen molar-refractivity contribution < 1.29 is 18.0 Å². The number of pyridine rings is 1. The molecule has 0 unspecified atom stereocenters.